The second kappa shape index (κ2) is 2.37. The molecule has 0 fully saturated rings. The number of thioether (sulfide) groups is 1. The molecule has 4 heteroatoms. The Morgan fingerprint density at radius 1 is 1.64 bits per heavy atom. The Morgan fingerprint density at radius 2 is 2.45 bits per heavy atom. The minimum absolute atomic E-state index is 0.618. The number of aldehydes is 1. The molecule has 11 heavy (non-hydrogen) atoms. The Morgan fingerprint density at radius 3 is 3.18 bits per heavy atom. The fourth-order valence-corrected chi connectivity index (χ4v) is 2.48. The largest absolute Gasteiger partial charge is 0.296 e. The standard InChI is InChI=1S/C7H8N2OS/c1-9-7-4-11-3-5(7)6(2-10)8-9/h2H,3-4H2,1H3. The topological polar surface area (TPSA) is 34.9 Å². The van der Waals surface area contributed by atoms with Gasteiger partial charge in [-0.15, -0.1) is 0 Å². The van der Waals surface area contributed by atoms with E-state index in [0.29, 0.717) is 5.69 Å². The Labute approximate surface area is 68.8 Å². The van der Waals surface area contributed by atoms with Gasteiger partial charge in [-0.3, -0.25) is 9.48 Å². The molecule has 58 valence electrons. The first-order valence-corrected chi connectivity index (χ1v) is 4.56. The molecule has 0 radical (unpaired) electrons. The maximum atomic E-state index is 10.5. The zero-order valence-corrected chi connectivity index (χ0v) is 7.02. The van der Waals surface area contributed by atoms with Gasteiger partial charge in [-0.1, -0.05) is 0 Å². The summed E-state index contributed by atoms with van der Waals surface area (Å²) in [5.41, 5.74) is 2.96. The minimum atomic E-state index is 0.618. The SMILES string of the molecule is Cn1nc(C=O)c2c1CSC2. The fourth-order valence-electron chi connectivity index (χ4n) is 1.31. The van der Waals surface area contributed by atoms with E-state index in [2.05, 4.69) is 5.10 Å². The van der Waals surface area contributed by atoms with Crippen molar-refractivity contribution in [3.05, 3.63) is 17.0 Å². The maximum Gasteiger partial charge on any atom is 0.170 e. The van der Waals surface area contributed by atoms with Gasteiger partial charge in [0.05, 0.1) is 5.69 Å². The molecule has 0 amide bonds. The summed E-state index contributed by atoms with van der Waals surface area (Å²) in [6.07, 6.45) is 0.838. The summed E-state index contributed by atoms with van der Waals surface area (Å²) in [7, 11) is 1.89. The Hall–Kier alpha value is -0.770. The first-order chi connectivity index (χ1) is 5.33. The van der Waals surface area contributed by atoms with Crippen molar-refractivity contribution in [3.8, 4) is 0 Å². The van der Waals surface area contributed by atoms with E-state index in [4.69, 9.17) is 0 Å². The van der Waals surface area contributed by atoms with Crippen molar-refractivity contribution in [1.82, 2.24) is 9.78 Å². The third-order valence-electron chi connectivity index (χ3n) is 1.90. The number of aryl methyl sites for hydroxylation is 1. The average molecular weight is 168 g/mol. The maximum absolute atomic E-state index is 10.5. The van der Waals surface area contributed by atoms with Crippen LogP contribution >= 0.6 is 11.8 Å². The van der Waals surface area contributed by atoms with E-state index in [9.17, 15) is 4.79 Å². The monoisotopic (exact) mass is 168 g/mol. The van der Waals surface area contributed by atoms with Crippen molar-refractivity contribution < 1.29 is 4.79 Å². The number of aromatic nitrogens is 2. The average Bonchev–Trinajstić information content (AvgIpc) is 2.54. The number of hydrogen-bond donors (Lipinski definition) is 0. The highest BCUT2D eigenvalue weighted by molar-refractivity contribution is 7.98. The fraction of sp³-hybridized carbons (Fsp3) is 0.429. The smallest absolute Gasteiger partial charge is 0.170 e. The first-order valence-electron chi connectivity index (χ1n) is 3.40. The molecular weight excluding hydrogens is 160 g/mol. The predicted molar refractivity (Wildman–Crippen MR) is 43.6 cm³/mol. The number of carbonyl (C=O) groups excluding carboxylic acids is 1. The van der Waals surface area contributed by atoms with E-state index < -0.39 is 0 Å². The van der Waals surface area contributed by atoms with E-state index in [1.807, 2.05) is 18.8 Å². The molecule has 0 atom stereocenters. The number of hydrogen-bond acceptors (Lipinski definition) is 3. The summed E-state index contributed by atoms with van der Waals surface area (Å²) in [5, 5.41) is 4.09. The third kappa shape index (κ3) is 0.894. The summed E-state index contributed by atoms with van der Waals surface area (Å²) in [4.78, 5) is 10.5. The molecule has 0 unspecified atom stereocenters. The molecule has 0 aliphatic carbocycles. The predicted octanol–water partition coefficient (Wildman–Crippen LogP) is 0.979. The van der Waals surface area contributed by atoms with Crippen LogP contribution in [0.3, 0.4) is 0 Å². The number of rotatable bonds is 1. The van der Waals surface area contributed by atoms with Crippen LogP contribution in [0, 0.1) is 0 Å². The van der Waals surface area contributed by atoms with E-state index in [-0.39, 0.29) is 0 Å². The Balaban J connectivity index is 2.60. The lowest BCUT2D eigenvalue weighted by atomic mass is 10.2. The van der Waals surface area contributed by atoms with Crippen LogP contribution in [0.2, 0.25) is 0 Å². The molecule has 0 spiro atoms. The van der Waals surface area contributed by atoms with Crippen molar-refractivity contribution in [2.45, 2.75) is 11.5 Å². The number of carbonyl (C=O) groups is 1. The molecule has 1 aliphatic heterocycles. The molecule has 0 N–H and O–H groups in total. The van der Waals surface area contributed by atoms with E-state index in [1.54, 1.807) is 4.68 Å². The van der Waals surface area contributed by atoms with Crippen LogP contribution in [-0.4, -0.2) is 16.1 Å². The normalized spacial score (nSPS) is 15.0. The van der Waals surface area contributed by atoms with E-state index >= 15 is 0 Å². The zero-order valence-electron chi connectivity index (χ0n) is 6.20. The highest BCUT2D eigenvalue weighted by atomic mass is 32.2. The summed E-state index contributed by atoms with van der Waals surface area (Å²) in [6.45, 7) is 0. The highest BCUT2D eigenvalue weighted by Crippen LogP contribution is 2.30. The van der Waals surface area contributed by atoms with Gasteiger partial charge in [-0.2, -0.15) is 16.9 Å². The second-order valence-electron chi connectivity index (χ2n) is 2.54. The van der Waals surface area contributed by atoms with Crippen LogP contribution in [0.5, 0.6) is 0 Å². The molecule has 0 aromatic carbocycles. The Kier molecular flexibility index (Phi) is 1.49. The van der Waals surface area contributed by atoms with Gasteiger partial charge in [-0.25, -0.2) is 0 Å². The number of nitrogens with zero attached hydrogens (tertiary/aromatic N) is 2. The van der Waals surface area contributed by atoms with Crippen LogP contribution in [0.4, 0.5) is 0 Å². The summed E-state index contributed by atoms with van der Waals surface area (Å²) >= 11 is 1.83. The van der Waals surface area contributed by atoms with Gasteiger partial charge in [0, 0.05) is 24.1 Å². The van der Waals surface area contributed by atoms with Gasteiger partial charge < -0.3 is 0 Å². The van der Waals surface area contributed by atoms with Crippen LogP contribution < -0.4 is 0 Å². The quantitative estimate of drug-likeness (QED) is 0.586. The van der Waals surface area contributed by atoms with Crippen molar-refractivity contribution in [1.29, 1.82) is 0 Å². The molecule has 1 aromatic heterocycles. The third-order valence-corrected chi connectivity index (χ3v) is 2.87. The van der Waals surface area contributed by atoms with E-state index in [1.165, 1.54) is 5.69 Å². The van der Waals surface area contributed by atoms with Crippen molar-refractivity contribution >= 4 is 18.0 Å². The van der Waals surface area contributed by atoms with Crippen molar-refractivity contribution in [2.24, 2.45) is 7.05 Å². The van der Waals surface area contributed by atoms with Crippen molar-refractivity contribution in [2.75, 3.05) is 0 Å². The van der Waals surface area contributed by atoms with Gasteiger partial charge in [0.25, 0.3) is 0 Å². The molecule has 1 aromatic rings. The summed E-state index contributed by atoms with van der Waals surface area (Å²) in [5.74, 6) is 1.93. The first kappa shape index (κ1) is 6.91. The highest BCUT2D eigenvalue weighted by Gasteiger charge is 2.20. The zero-order chi connectivity index (χ0) is 7.84. The van der Waals surface area contributed by atoms with Gasteiger partial charge in [0.2, 0.25) is 0 Å². The van der Waals surface area contributed by atoms with Gasteiger partial charge in [0.1, 0.15) is 5.69 Å². The Bertz CT molecular complexity index is 306. The molecule has 3 nitrogen and oxygen atoms in total. The lowest BCUT2D eigenvalue weighted by molar-refractivity contribution is 0.111. The molecule has 0 saturated carbocycles. The molecule has 0 saturated heterocycles. The molecule has 2 rings (SSSR count). The van der Waals surface area contributed by atoms with Crippen LogP contribution in [0.15, 0.2) is 0 Å². The van der Waals surface area contributed by atoms with Crippen molar-refractivity contribution in [3.63, 3.8) is 0 Å². The van der Waals surface area contributed by atoms with Crippen LogP contribution in [0.25, 0.3) is 0 Å². The van der Waals surface area contributed by atoms with Crippen LogP contribution in [0.1, 0.15) is 21.7 Å². The summed E-state index contributed by atoms with van der Waals surface area (Å²) < 4.78 is 1.80. The lowest BCUT2D eigenvalue weighted by Crippen LogP contribution is -1.95. The molecular formula is C7H8N2OS. The van der Waals surface area contributed by atoms with Gasteiger partial charge >= 0.3 is 0 Å². The molecule has 2 heterocycles. The lowest BCUT2D eigenvalue weighted by Gasteiger charge is -1.92. The molecule has 1 aliphatic rings. The molecule has 0 bridgehead atoms. The second-order valence-corrected chi connectivity index (χ2v) is 3.53. The minimum Gasteiger partial charge on any atom is -0.296 e. The summed E-state index contributed by atoms with van der Waals surface area (Å²) in [6, 6.07) is 0. The number of fused-ring (bicyclic) bond motifs is 1. The van der Waals surface area contributed by atoms with Crippen LogP contribution in [-0.2, 0) is 18.6 Å². The van der Waals surface area contributed by atoms with E-state index in [0.717, 1.165) is 23.4 Å². The van der Waals surface area contributed by atoms with Gasteiger partial charge in [-0.05, 0) is 0 Å². The van der Waals surface area contributed by atoms with Gasteiger partial charge in [0.15, 0.2) is 6.29 Å².